The highest BCUT2D eigenvalue weighted by atomic mass is 32.2. The van der Waals surface area contributed by atoms with E-state index in [1.807, 2.05) is 74.5 Å². The number of likely N-dealkylation sites (N-methyl/N-ethyl adjacent to an activating group) is 1. The fourth-order valence-electron chi connectivity index (χ4n) is 6.30. The summed E-state index contributed by atoms with van der Waals surface area (Å²) in [6, 6.07) is 23.1. The Morgan fingerprint density at radius 2 is 1.46 bits per heavy atom. The molecule has 0 heterocycles. The number of rotatable bonds is 18. The van der Waals surface area contributed by atoms with Crippen LogP contribution in [0.5, 0.6) is 0 Å². The van der Waals surface area contributed by atoms with Crippen molar-refractivity contribution in [3.05, 3.63) is 96.1 Å². The summed E-state index contributed by atoms with van der Waals surface area (Å²) < 4.78 is 29.0. The van der Waals surface area contributed by atoms with E-state index < -0.39 is 34.1 Å². The molecule has 0 aromatic heterocycles. The molecule has 3 atom stereocenters. The monoisotopic (exact) mass is 678 g/mol. The van der Waals surface area contributed by atoms with Crippen molar-refractivity contribution < 1.29 is 28.2 Å². The second kappa shape index (κ2) is 16.9. The van der Waals surface area contributed by atoms with Gasteiger partial charge in [-0.3, -0.25) is 9.69 Å². The van der Waals surface area contributed by atoms with Gasteiger partial charge in [0, 0.05) is 37.3 Å². The second-order valence-electron chi connectivity index (χ2n) is 13.2. The van der Waals surface area contributed by atoms with E-state index in [4.69, 9.17) is 5.73 Å². The van der Waals surface area contributed by atoms with Gasteiger partial charge >= 0.3 is 6.09 Å². The molecule has 1 aliphatic carbocycles. The second-order valence-corrected chi connectivity index (χ2v) is 15.1. The average molecular weight is 679 g/mol. The number of aliphatic hydroxyl groups excluding tert-OH is 1. The minimum atomic E-state index is -3.90. The highest BCUT2D eigenvalue weighted by Gasteiger charge is 2.40. The molecule has 260 valence electrons. The van der Waals surface area contributed by atoms with Crippen molar-refractivity contribution in [1.82, 2.24) is 14.5 Å². The molecule has 0 bridgehead atoms. The standard InChI is InChI=1S/C37H50N4O6S/c1-26(2)23-24-41(48(46,47)32-21-19-30(38)20-22-32)31(25-42)15-10-16-33(27-17-18-27)39-36(43)35(40(3)37(44)45)34(28-11-6-4-7-12-28)29-13-8-5-9-14-29/h4-9,11-14,19-22,26-27,31,33-35,42H,10,15-18,23-25,38H2,1-3H3,(H,39,43)(H,44,45)/t31-,33+,35-/m0/s1. The lowest BCUT2D eigenvalue weighted by atomic mass is 9.83. The van der Waals surface area contributed by atoms with Crippen LogP contribution in [0.3, 0.4) is 0 Å². The van der Waals surface area contributed by atoms with E-state index in [1.54, 1.807) is 12.1 Å². The maximum Gasteiger partial charge on any atom is 0.407 e. The van der Waals surface area contributed by atoms with Crippen LogP contribution < -0.4 is 11.1 Å². The van der Waals surface area contributed by atoms with Crippen molar-refractivity contribution >= 4 is 27.7 Å². The number of carboxylic acid groups (broad SMARTS) is 1. The normalized spacial score (nSPS) is 15.3. The van der Waals surface area contributed by atoms with E-state index in [1.165, 1.54) is 23.5 Å². The number of carbonyl (C=O) groups excluding carboxylic acids is 1. The average Bonchev–Trinajstić information content (AvgIpc) is 3.92. The molecule has 5 N–H and O–H groups in total. The summed E-state index contributed by atoms with van der Waals surface area (Å²) in [5.41, 5.74) is 7.92. The van der Waals surface area contributed by atoms with Gasteiger partial charge in [0.2, 0.25) is 15.9 Å². The molecule has 11 heteroatoms. The zero-order valence-electron chi connectivity index (χ0n) is 28.1. The number of aliphatic hydroxyl groups is 1. The van der Waals surface area contributed by atoms with Crippen LogP contribution in [0.25, 0.3) is 0 Å². The first kappa shape index (κ1) is 36.9. The number of hydrogen-bond acceptors (Lipinski definition) is 6. The maximum absolute atomic E-state index is 14.2. The summed E-state index contributed by atoms with van der Waals surface area (Å²) in [4.78, 5) is 27.7. The summed E-state index contributed by atoms with van der Waals surface area (Å²) in [5.74, 6) is -0.409. The Hall–Kier alpha value is -3.93. The predicted octanol–water partition coefficient (Wildman–Crippen LogP) is 5.54. The van der Waals surface area contributed by atoms with Crippen molar-refractivity contribution in [2.24, 2.45) is 11.8 Å². The fraction of sp³-hybridized carbons (Fsp3) is 0.459. The van der Waals surface area contributed by atoms with Gasteiger partial charge in [0.25, 0.3) is 0 Å². The first-order valence-electron chi connectivity index (χ1n) is 16.8. The molecule has 2 amide bonds. The number of nitrogens with one attached hydrogen (secondary N) is 1. The smallest absolute Gasteiger partial charge is 0.407 e. The van der Waals surface area contributed by atoms with Crippen LogP contribution >= 0.6 is 0 Å². The van der Waals surface area contributed by atoms with Crippen LogP contribution in [0.4, 0.5) is 10.5 Å². The van der Waals surface area contributed by atoms with Crippen molar-refractivity contribution in [3.8, 4) is 0 Å². The first-order chi connectivity index (χ1) is 22.9. The molecule has 0 saturated heterocycles. The Labute approximate surface area is 285 Å². The molecular formula is C37H50N4O6S. The van der Waals surface area contributed by atoms with Gasteiger partial charge in [0.05, 0.1) is 11.5 Å². The number of nitrogens with zero attached hydrogens (tertiary/aromatic N) is 2. The maximum atomic E-state index is 14.2. The van der Waals surface area contributed by atoms with Crippen LogP contribution in [0, 0.1) is 11.8 Å². The minimum Gasteiger partial charge on any atom is -0.465 e. The number of nitrogens with two attached hydrogens (primary N) is 1. The van der Waals surface area contributed by atoms with Gasteiger partial charge in [-0.2, -0.15) is 4.31 Å². The number of carbonyl (C=O) groups is 2. The van der Waals surface area contributed by atoms with E-state index in [9.17, 15) is 28.2 Å². The number of benzene rings is 3. The zero-order chi connectivity index (χ0) is 34.8. The van der Waals surface area contributed by atoms with Gasteiger partial charge < -0.3 is 21.3 Å². The number of nitrogen functional groups attached to an aromatic ring is 1. The minimum absolute atomic E-state index is 0.127. The number of hydrogen-bond donors (Lipinski definition) is 4. The molecule has 4 rings (SSSR count). The summed E-state index contributed by atoms with van der Waals surface area (Å²) >= 11 is 0. The molecule has 0 spiro atoms. The van der Waals surface area contributed by atoms with Crippen LogP contribution in [0.1, 0.15) is 69.4 Å². The summed E-state index contributed by atoms with van der Waals surface area (Å²) in [6.45, 7) is 3.98. The molecule has 10 nitrogen and oxygen atoms in total. The lowest BCUT2D eigenvalue weighted by molar-refractivity contribution is -0.126. The number of amides is 2. The number of sulfonamides is 1. The Balaban J connectivity index is 1.54. The quantitative estimate of drug-likeness (QED) is 0.129. The van der Waals surface area contributed by atoms with E-state index in [2.05, 4.69) is 5.32 Å². The molecule has 1 aliphatic rings. The van der Waals surface area contributed by atoms with Crippen LogP contribution in [0.15, 0.2) is 89.8 Å². The molecule has 48 heavy (non-hydrogen) atoms. The Morgan fingerprint density at radius 1 is 0.896 bits per heavy atom. The molecule has 1 saturated carbocycles. The SMILES string of the molecule is CC(C)CCN([C@H](CO)CCC[C@@H](NC(=O)[C@H](C(c1ccccc1)c1ccccc1)N(C)C(=O)O)C1CC1)S(=O)(=O)c1ccc(N)cc1. The van der Waals surface area contributed by atoms with E-state index in [-0.39, 0.29) is 41.8 Å². The van der Waals surface area contributed by atoms with Crippen LogP contribution in [0.2, 0.25) is 0 Å². The Morgan fingerprint density at radius 3 is 1.94 bits per heavy atom. The summed E-state index contributed by atoms with van der Waals surface area (Å²) in [6.07, 6.45) is 2.84. The van der Waals surface area contributed by atoms with Gasteiger partial charge in [-0.15, -0.1) is 0 Å². The lowest BCUT2D eigenvalue weighted by Crippen LogP contribution is -2.53. The lowest BCUT2D eigenvalue weighted by Gasteiger charge is -2.34. The Kier molecular flexibility index (Phi) is 13.0. The highest BCUT2D eigenvalue weighted by Crippen LogP contribution is 2.36. The van der Waals surface area contributed by atoms with Gasteiger partial charge in [0.1, 0.15) is 6.04 Å². The first-order valence-corrected chi connectivity index (χ1v) is 18.2. The van der Waals surface area contributed by atoms with E-state index >= 15 is 0 Å². The highest BCUT2D eigenvalue weighted by molar-refractivity contribution is 7.89. The van der Waals surface area contributed by atoms with Crippen LogP contribution in [-0.2, 0) is 14.8 Å². The van der Waals surface area contributed by atoms with Crippen molar-refractivity contribution in [1.29, 1.82) is 0 Å². The van der Waals surface area contributed by atoms with Gasteiger partial charge in [-0.1, -0.05) is 74.5 Å². The van der Waals surface area contributed by atoms with Crippen LogP contribution in [-0.4, -0.2) is 78.2 Å². The fourth-order valence-corrected chi connectivity index (χ4v) is 7.96. The van der Waals surface area contributed by atoms with Gasteiger partial charge in [0.15, 0.2) is 0 Å². The molecule has 0 unspecified atom stereocenters. The third-order valence-electron chi connectivity index (χ3n) is 9.22. The van der Waals surface area contributed by atoms with E-state index in [0.717, 1.165) is 28.9 Å². The Bertz CT molecular complexity index is 1530. The van der Waals surface area contributed by atoms with Gasteiger partial charge in [-0.05, 0) is 85.8 Å². The van der Waals surface area contributed by atoms with Crippen molar-refractivity contribution in [3.63, 3.8) is 0 Å². The van der Waals surface area contributed by atoms with Gasteiger partial charge in [-0.25, -0.2) is 13.2 Å². The topological polar surface area (TPSA) is 153 Å². The predicted molar refractivity (Wildman–Crippen MR) is 188 cm³/mol. The van der Waals surface area contributed by atoms with E-state index in [0.29, 0.717) is 31.4 Å². The third-order valence-corrected chi connectivity index (χ3v) is 11.2. The summed E-state index contributed by atoms with van der Waals surface area (Å²) in [7, 11) is -2.48. The van der Waals surface area contributed by atoms with Crippen molar-refractivity contribution in [2.75, 3.05) is 25.9 Å². The largest absolute Gasteiger partial charge is 0.465 e. The molecule has 0 aliphatic heterocycles. The molecular weight excluding hydrogens is 628 g/mol. The third kappa shape index (κ3) is 9.58. The molecule has 3 aromatic carbocycles. The molecule has 0 radical (unpaired) electrons. The van der Waals surface area contributed by atoms with Crippen molar-refractivity contribution in [2.45, 2.75) is 81.3 Å². The zero-order valence-corrected chi connectivity index (χ0v) is 28.9. The molecule has 3 aromatic rings. The summed E-state index contributed by atoms with van der Waals surface area (Å²) in [5, 5.41) is 23.7. The number of anilines is 1. The molecule has 1 fully saturated rings.